The number of amides is 1. The zero-order valence-corrected chi connectivity index (χ0v) is 14.5. The van der Waals surface area contributed by atoms with E-state index in [4.69, 9.17) is 9.26 Å². The summed E-state index contributed by atoms with van der Waals surface area (Å²) in [4.78, 5) is 19.1. The molecule has 0 N–H and O–H groups in total. The van der Waals surface area contributed by atoms with E-state index in [-0.39, 0.29) is 17.9 Å². The van der Waals surface area contributed by atoms with Gasteiger partial charge in [-0.3, -0.25) is 4.79 Å². The monoisotopic (exact) mass is 341 g/mol. The standard InChI is InChI=1S/C19H23N3O3/c1-13-20-19(21-25-13)15-6-4-9-22(12-15)18(23)11-17-16-7-3-2-5-14(16)8-10-24-17/h2-3,5,7,15,17H,4,6,8-12H2,1H3/t15-,17-/m1/s1. The minimum Gasteiger partial charge on any atom is -0.373 e. The Bertz CT molecular complexity index is 758. The first-order valence-corrected chi connectivity index (χ1v) is 8.98. The zero-order chi connectivity index (χ0) is 17.2. The van der Waals surface area contributed by atoms with E-state index in [1.54, 1.807) is 6.92 Å². The molecule has 3 heterocycles. The first kappa shape index (κ1) is 16.3. The summed E-state index contributed by atoms with van der Waals surface area (Å²) in [7, 11) is 0. The van der Waals surface area contributed by atoms with Crippen LogP contribution in [0.3, 0.4) is 0 Å². The van der Waals surface area contributed by atoms with E-state index in [2.05, 4.69) is 22.3 Å². The Kier molecular flexibility index (Phi) is 4.53. The van der Waals surface area contributed by atoms with Crippen molar-refractivity contribution in [1.82, 2.24) is 15.0 Å². The van der Waals surface area contributed by atoms with E-state index in [1.165, 1.54) is 5.56 Å². The summed E-state index contributed by atoms with van der Waals surface area (Å²) >= 11 is 0. The van der Waals surface area contributed by atoms with Crippen LogP contribution in [0.5, 0.6) is 0 Å². The topological polar surface area (TPSA) is 68.5 Å². The maximum absolute atomic E-state index is 12.8. The predicted molar refractivity (Wildman–Crippen MR) is 91.0 cm³/mol. The normalized spacial score (nSPS) is 23.3. The van der Waals surface area contributed by atoms with Gasteiger partial charge >= 0.3 is 0 Å². The molecule has 2 aliphatic heterocycles. The predicted octanol–water partition coefficient (Wildman–Crippen LogP) is 2.79. The van der Waals surface area contributed by atoms with Crippen molar-refractivity contribution in [2.45, 2.75) is 44.6 Å². The highest BCUT2D eigenvalue weighted by Crippen LogP contribution is 2.31. The van der Waals surface area contributed by atoms with Crippen molar-refractivity contribution in [3.63, 3.8) is 0 Å². The second-order valence-electron chi connectivity index (χ2n) is 6.86. The number of likely N-dealkylation sites (tertiary alicyclic amines) is 1. The van der Waals surface area contributed by atoms with Crippen LogP contribution in [0.25, 0.3) is 0 Å². The molecule has 1 amide bonds. The molecule has 1 saturated heterocycles. The lowest BCUT2D eigenvalue weighted by molar-refractivity contribution is -0.136. The largest absolute Gasteiger partial charge is 0.373 e. The number of benzene rings is 1. The Morgan fingerprint density at radius 3 is 3.08 bits per heavy atom. The molecule has 4 rings (SSSR count). The highest BCUT2D eigenvalue weighted by atomic mass is 16.5. The van der Waals surface area contributed by atoms with Gasteiger partial charge in [-0.25, -0.2) is 0 Å². The van der Waals surface area contributed by atoms with Gasteiger partial charge in [0.25, 0.3) is 0 Å². The van der Waals surface area contributed by atoms with E-state index in [0.29, 0.717) is 31.3 Å². The number of aromatic nitrogens is 2. The number of rotatable bonds is 3. The molecule has 0 aliphatic carbocycles. The van der Waals surface area contributed by atoms with Gasteiger partial charge in [0.1, 0.15) is 0 Å². The minimum atomic E-state index is -0.134. The van der Waals surface area contributed by atoms with Crippen molar-refractivity contribution in [3.05, 3.63) is 47.1 Å². The van der Waals surface area contributed by atoms with Gasteiger partial charge in [-0.15, -0.1) is 0 Å². The quantitative estimate of drug-likeness (QED) is 0.859. The molecule has 1 aromatic heterocycles. The van der Waals surface area contributed by atoms with Crippen molar-refractivity contribution < 1.29 is 14.1 Å². The minimum absolute atomic E-state index is 0.134. The molecule has 0 spiro atoms. The van der Waals surface area contributed by atoms with Gasteiger partial charge in [0.15, 0.2) is 5.82 Å². The molecule has 132 valence electrons. The van der Waals surface area contributed by atoms with Crippen LogP contribution in [-0.2, 0) is 16.0 Å². The molecule has 1 fully saturated rings. The number of carbonyl (C=O) groups excluding carboxylic acids is 1. The van der Waals surface area contributed by atoms with Crippen LogP contribution in [0.1, 0.15) is 54.1 Å². The van der Waals surface area contributed by atoms with Gasteiger partial charge in [0.05, 0.1) is 19.1 Å². The Balaban J connectivity index is 1.43. The molecule has 2 atom stereocenters. The lowest BCUT2D eigenvalue weighted by Gasteiger charge is -2.33. The number of hydrogen-bond acceptors (Lipinski definition) is 5. The second kappa shape index (κ2) is 6.96. The molecule has 0 bridgehead atoms. The average molecular weight is 341 g/mol. The summed E-state index contributed by atoms with van der Waals surface area (Å²) in [5, 5.41) is 4.03. The highest BCUT2D eigenvalue weighted by Gasteiger charge is 2.30. The van der Waals surface area contributed by atoms with Gasteiger partial charge in [0.2, 0.25) is 11.8 Å². The Labute approximate surface area is 147 Å². The SMILES string of the molecule is Cc1nc([C@@H]2CCCN(C(=O)C[C@H]3OCCc4ccccc43)C2)no1. The van der Waals surface area contributed by atoms with E-state index < -0.39 is 0 Å². The van der Waals surface area contributed by atoms with Crippen molar-refractivity contribution in [3.8, 4) is 0 Å². The summed E-state index contributed by atoms with van der Waals surface area (Å²) in [5.41, 5.74) is 2.45. The molecular weight excluding hydrogens is 318 g/mol. The highest BCUT2D eigenvalue weighted by molar-refractivity contribution is 5.77. The van der Waals surface area contributed by atoms with Crippen LogP contribution in [0, 0.1) is 6.92 Å². The maximum atomic E-state index is 12.8. The van der Waals surface area contributed by atoms with Crippen LogP contribution in [0.2, 0.25) is 0 Å². The summed E-state index contributed by atoms with van der Waals surface area (Å²) in [6.07, 6.45) is 3.14. The number of fused-ring (bicyclic) bond motifs is 1. The molecule has 2 aromatic rings. The molecule has 0 radical (unpaired) electrons. The van der Waals surface area contributed by atoms with Gasteiger partial charge in [-0.2, -0.15) is 4.98 Å². The van der Waals surface area contributed by atoms with Crippen LogP contribution in [-0.4, -0.2) is 40.6 Å². The van der Waals surface area contributed by atoms with Crippen LogP contribution >= 0.6 is 0 Å². The summed E-state index contributed by atoms with van der Waals surface area (Å²) in [5.74, 6) is 1.60. The number of carbonyl (C=O) groups is 1. The molecule has 1 aromatic carbocycles. The third-order valence-electron chi connectivity index (χ3n) is 5.13. The summed E-state index contributed by atoms with van der Waals surface area (Å²) in [6, 6.07) is 8.27. The fourth-order valence-electron chi connectivity index (χ4n) is 3.83. The Morgan fingerprint density at radius 2 is 2.24 bits per heavy atom. The van der Waals surface area contributed by atoms with E-state index >= 15 is 0 Å². The molecule has 6 nitrogen and oxygen atoms in total. The molecular formula is C19H23N3O3. The summed E-state index contributed by atoms with van der Waals surface area (Å²) < 4.78 is 11.0. The van der Waals surface area contributed by atoms with Crippen molar-refractivity contribution in [2.75, 3.05) is 19.7 Å². The number of aryl methyl sites for hydroxylation is 1. The molecule has 25 heavy (non-hydrogen) atoms. The smallest absolute Gasteiger partial charge is 0.225 e. The van der Waals surface area contributed by atoms with E-state index in [0.717, 1.165) is 31.4 Å². The molecule has 0 saturated carbocycles. The van der Waals surface area contributed by atoms with Crippen LogP contribution < -0.4 is 0 Å². The molecule has 2 aliphatic rings. The third-order valence-corrected chi connectivity index (χ3v) is 5.13. The van der Waals surface area contributed by atoms with Gasteiger partial charge in [-0.1, -0.05) is 29.4 Å². The number of nitrogens with zero attached hydrogens (tertiary/aromatic N) is 3. The number of hydrogen-bond donors (Lipinski definition) is 0. The first-order valence-electron chi connectivity index (χ1n) is 8.98. The number of piperidine rings is 1. The van der Waals surface area contributed by atoms with E-state index in [9.17, 15) is 4.79 Å². The van der Waals surface area contributed by atoms with Crippen molar-refractivity contribution in [1.29, 1.82) is 0 Å². The fourth-order valence-corrected chi connectivity index (χ4v) is 3.83. The van der Waals surface area contributed by atoms with Crippen molar-refractivity contribution >= 4 is 5.91 Å². The molecule has 6 heteroatoms. The summed E-state index contributed by atoms with van der Waals surface area (Å²) in [6.45, 7) is 3.92. The van der Waals surface area contributed by atoms with Gasteiger partial charge in [-0.05, 0) is 30.4 Å². The lowest BCUT2D eigenvalue weighted by Crippen LogP contribution is -2.40. The third kappa shape index (κ3) is 3.44. The number of ether oxygens (including phenoxy) is 1. The van der Waals surface area contributed by atoms with Crippen LogP contribution in [0.15, 0.2) is 28.8 Å². The van der Waals surface area contributed by atoms with E-state index in [1.807, 2.05) is 17.0 Å². The Morgan fingerprint density at radius 1 is 1.36 bits per heavy atom. The Hall–Kier alpha value is -2.21. The molecule has 0 unspecified atom stereocenters. The maximum Gasteiger partial charge on any atom is 0.225 e. The lowest BCUT2D eigenvalue weighted by atomic mass is 9.94. The first-order chi connectivity index (χ1) is 12.2. The fraction of sp³-hybridized carbons (Fsp3) is 0.526. The van der Waals surface area contributed by atoms with Crippen LogP contribution in [0.4, 0.5) is 0 Å². The average Bonchev–Trinajstić information content (AvgIpc) is 3.09. The van der Waals surface area contributed by atoms with Gasteiger partial charge < -0.3 is 14.2 Å². The van der Waals surface area contributed by atoms with Crippen molar-refractivity contribution in [2.24, 2.45) is 0 Å². The van der Waals surface area contributed by atoms with Gasteiger partial charge in [0, 0.05) is 25.9 Å². The second-order valence-corrected chi connectivity index (χ2v) is 6.86. The zero-order valence-electron chi connectivity index (χ0n) is 14.5.